The van der Waals surface area contributed by atoms with Crippen LogP contribution >= 0.6 is 15.9 Å². The lowest BCUT2D eigenvalue weighted by molar-refractivity contribution is 0.336. The van der Waals surface area contributed by atoms with Gasteiger partial charge < -0.3 is 5.32 Å². The molecular weight excluding hydrogens is 312 g/mol. The predicted molar refractivity (Wildman–Crippen MR) is 74.8 cm³/mol. The molecule has 3 atom stereocenters. The van der Waals surface area contributed by atoms with Crippen molar-refractivity contribution >= 4 is 15.9 Å². The molecular formula is C15H18BrF2N. The van der Waals surface area contributed by atoms with Gasteiger partial charge in [-0.1, -0.05) is 6.92 Å². The molecule has 0 saturated heterocycles. The Kier molecular flexibility index (Phi) is 3.65. The molecule has 1 aromatic rings. The summed E-state index contributed by atoms with van der Waals surface area (Å²) < 4.78 is 28.0. The Morgan fingerprint density at radius 2 is 1.89 bits per heavy atom. The van der Waals surface area contributed by atoms with Gasteiger partial charge in [-0.3, -0.25) is 0 Å². The zero-order valence-corrected chi connectivity index (χ0v) is 12.5. The highest BCUT2D eigenvalue weighted by Gasteiger charge is 2.48. The molecule has 0 heterocycles. The average Bonchev–Trinajstić information content (AvgIpc) is 2.98. The van der Waals surface area contributed by atoms with Gasteiger partial charge in [0, 0.05) is 11.6 Å². The second-order valence-electron chi connectivity index (χ2n) is 5.81. The first kappa shape index (κ1) is 13.5. The van der Waals surface area contributed by atoms with Crippen LogP contribution in [0.4, 0.5) is 8.78 Å². The van der Waals surface area contributed by atoms with Gasteiger partial charge in [-0.2, -0.15) is 0 Å². The van der Waals surface area contributed by atoms with Crippen molar-refractivity contribution in [2.75, 3.05) is 6.54 Å². The second kappa shape index (κ2) is 5.13. The Morgan fingerprint density at radius 3 is 2.53 bits per heavy atom. The van der Waals surface area contributed by atoms with E-state index in [1.807, 2.05) is 6.92 Å². The number of hydrogen-bond donors (Lipinski definition) is 1. The zero-order valence-electron chi connectivity index (χ0n) is 10.9. The minimum Gasteiger partial charge on any atom is -0.310 e. The van der Waals surface area contributed by atoms with Crippen molar-refractivity contribution in [2.45, 2.75) is 32.2 Å². The van der Waals surface area contributed by atoms with Crippen molar-refractivity contribution in [1.82, 2.24) is 5.32 Å². The van der Waals surface area contributed by atoms with Crippen molar-refractivity contribution in [3.05, 3.63) is 33.8 Å². The third-order valence-corrected chi connectivity index (χ3v) is 5.16. The van der Waals surface area contributed by atoms with E-state index in [0.717, 1.165) is 31.2 Å². The van der Waals surface area contributed by atoms with Crippen LogP contribution in [0.15, 0.2) is 16.6 Å². The van der Waals surface area contributed by atoms with Crippen molar-refractivity contribution in [2.24, 2.45) is 17.8 Å². The van der Waals surface area contributed by atoms with E-state index in [4.69, 9.17) is 0 Å². The van der Waals surface area contributed by atoms with Crippen LogP contribution in [0.25, 0.3) is 0 Å². The molecule has 0 bridgehead atoms. The number of hydrogen-bond acceptors (Lipinski definition) is 1. The molecule has 1 N–H and O–H groups in total. The van der Waals surface area contributed by atoms with Gasteiger partial charge >= 0.3 is 0 Å². The highest BCUT2D eigenvalue weighted by Crippen LogP contribution is 2.57. The fraction of sp³-hybridized carbons (Fsp3) is 0.600. The van der Waals surface area contributed by atoms with Gasteiger partial charge in [-0.05, 0) is 71.6 Å². The maximum absolute atomic E-state index is 14.1. The van der Waals surface area contributed by atoms with Gasteiger partial charge in [0.05, 0.1) is 4.47 Å². The summed E-state index contributed by atoms with van der Waals surface area (Å²) in [4.78, 5) is 0. The second-order valence-corrected chi connectivity index (χ2v) is 6.66. The average molecular weight is 330 g/mol. The number of nitrogens with one attached hydrogen (secondary N) is 1. The molecule has 2 fully saturated rings. The van der Waals surface area contributed by atoms with Crippen LogP contribution in [0, 0.1) is 29.4 Å². The lowest BCUT2D eigenvalue weighted by Crippen LogP contribution is -2.28. The SMILES string of the molecule is CCNC(c1cc(F)c(Br)cc1F)C1CC2CC2C1. The van der Waals surface area contributed by atoms with Crippen molar-refractivity contribution in [3.63, 3.8) is 0 Å². The van der Waals surface area contributed by atoms with E-state index in [9.17, 15) is 8.78 Å². The molecule has 104 valence electrons. The molecule has 0 radical (unpaired) electrons. The predicted octanol–water partition coefficient (Wildman–Crippen LogP) is 4.42. The van der Waals surface area contributed by atoms with E-state index in [0.29, 0.717) is 11.5 Å². The Labute approximate surface area is 120 Å². The maximum atomic E-state index is 14.1. The highest BCUT2D eigenvalue weighted by atomic mass is 79.9. The van der Waals surface area contributed by atoms with E-state index in [1.54, 1.807) is 0 Å². The molecule has 2 aliphatic rings. The van der Waals surface area contributed by atoms with E-state index in [-0.39, 0.29) is 22.1 Å². The number of fused-ring (bicyclic) bond motifs is 1. The quantitative estimate of drug-likeness (QED) is 0.806. The van der Waals surface area contributed by atoms with Crippen LogP contribution in [0.3, 0.4) is 0 Å². The fourth-order valence-corrected chi connectivity index (χ4v) is 3.88. The fourth-order valence-electron chi connectivity index (χ4n) is 3.56. The van der Waals surface area contributed by atoms with Crippen LogP contribution < -0.4 is 5.32 Å². The number of rotatable bonds is 4. The minimum atomic E-state index is -0.387. The Bertz CT molecular complexity index is 481. The summed E-state index contributed by atoms with van der Waals surface area (Å²) in [5.74, 6) is 1.42. The van der Waals surface area contributed by atoms with E-state index >= 15 is 0 Å². The molecule has 0 aromatic heterocycles. The molecule has 1 aromatic carbocycles. The smallest absolute Gasteiger partial charge is 0.137 e. The first-order valence-corrected chi connectivity index (χ1v) is 7.77. The minimum absolute atomic E-state index is 0.0552. The van der Waals surface area contributed by atoms with Crippen LogP contribution in [-0.2, 0) is 0 Å². The lowest BCUT2D eigenvalue weighted by Gasteiger charge is -2.26. The summed E-state index contributed by atoms with van der Waals surface area (Å²) in [5.41, 5.74) is 0.480. The monoisotopic (exact) mass is 329 g/mol. The number of halogens is 3. The molecule has 3 rings (SSSR count). The van der Waals surface area contributed by atoms with Crippen LogP contribution in [0.5, 0.6) is 0 Å². The van der Waals surface area contributed by atoms with Crippen molar-refractivity contribution in [3.8, 4) is 0 Å². The van der Waals surface area contributed by atoms with Crippen LogP contribution in [0.1, 0.15) is 37.8 Å². The highest BCUT2D eigenvalue weighted by molar-refractivity contribution is 9.10. The van der Waals surface area contributed by atoms with Gasteiger partial charge in [0.25, 0.3) is 0 Å². The third-order valence-electron chi connectivity index (χ3n) is 4.55. The van der Waals surface area contributed by atoms with Crippen molar-refractivity contribution in [1.29, 1.82) is 0 Å². The molecule has 2 saturated carbocycles. The summed E-state index contributed by atoms with van der Waals surface area (Å²) in [5, 5.41) is 3.35. The number of benzene rings is 1. The van der Waals surface area contributed by atoms with Gasteiger partial charge in [0.15, 0.2) is 0 Å². The lowest BCUT2D eigenvalue weighted by atomic mass is 9.88. The first-order valence-electron chi connectivity index (χ1n) is 6.98. The summed E-state index contributed by atoms with van der Waals surface area (Å²) >= 11 is 3.03. The van der Waals surface area contributed by atoms with Gasteiger partial charge in [0.1, 0.15) is 11.6 Å². The molecule has 19 heavy (non-hydrogen) atoms. The Morgan fingerprint density at radius 1 is 1.21 bits per heavy atom. The van der Waals surface area contributed by atoms with Crippen LogP contribution in [0.2, 0.25) is 0 Å². The van der Waals surface area contributed by atoms with Gasteiger partial charge in [-0.15, -0.1) is 0 Å². The molecule has 0 spiro atoms. The molecule has 4 heteroatoms. The summed E-state index contributed by atoms with van der Waals surface area (Å²) in [6.45, 7) is 2.78. The molecule has 0 aliphatic heterocycles. The Hall–Kier alpha value is -0.480. The standard InChI is InChI=1S/C15H18BrF2N/c1-2-19-15(10-4-8-3-9(8)5-10)11-6-14(18)12(16)7-13(11)17/h6-10,15,19H,2-5H2,1H3. The van der Waals surface area contributed by atoms with Crippen molar-refractivity contribution < 1.29 is 8.78 Å². The maximum Gasteiger partial charge on any atom is 0.137 e. The third kappa shape index (κ3) is 2.57. The van der Waals surface area contributed by atoms with Crippen LogP contribution in [-0.4, -0.2) is 6.54 Å². The van der Waals surface area contributed by atoms with E-state index in [1.165, 1.54) is 18.6 Å². The molecule has 2 aliphatic carbocycles. The summed E-state index contributed by atoms with van der Waals surface area (Å²) in [6.07, 6.45) is 3.64. The van der Waals surface area contributed by atoms with E-state index < -0.39 is 0 Å². The normalized spacial score (nSPS) is 30.2. The first-order chi connectivity index (χ1) is 9.10. The van der Waals surface area contributed by atoms with Gasteiger partial charge in [-0.25, -0.2) is 8.78 Å². The topological polar surface area (TPSA) is 12.0 Å². The summed E-state index contributed by atoms with van der Waals surface area (Å²) in [6, 6.07) is 2.53. The molecule has 1 nitrogen and oxygen atoms in total. The van der Waals surface area contributed by atoms with E-state index in [2.05, 4.69) is 21.2 Å². The largest absolute Gasteiger partial charge is 0.310 e. The molecule has 3 unspecified atom stereocenters. The molecule has 0 amide bonds. The zero-order chi connectivity index (χ0) is 13.6. The Balaban J connectivity index is 1.88. The van der Waals surface area contributed by atoms with Gasteiger partial charge in [0.2, 0.25) is 0 Å². The summed E-state index contributed by atoms with van der Waals surface area (Å²) in [7, 11) is 0.